The van der Waals surface area contributed by atoms with Gasteiger partial charge in [0.05, 0.1) is 5.25 Å². The molecule has 1 atom stereocenters. The summed E-state index contributed by atoms with van der Waals surface area (Å²) in [5.74, 6) is -0.138. The Balaban J connectivity index is 2.10. The Bertz CT molecular complexity index is 551. The maximum Gasteiger partial charge on any atom is 0.253 e. The van der Waals surface area contributed by atoms with E-state index in [-0.39, 0.29) is 12.5 Å². The van der Waals surface area contributed by atoms with E-state index in [0.717, 1.165) is 0 Å². The molecule has 1 saturated heterocycles. The molecular formula is C12H16N2O3S. The minimum Gasteiger partial charge on any atom is -0.399 e. The lowest BCUT2D eigenvalue weighted by atomic mass is 10.2. The standard InChI is InChI=1S/C12H16N2O3S/c1-18(16,17)11-6-7-14(8-11)12(15)9-2-4-10(13)5-3-9/h2-5,11H,6-8,13H2,1H3. The molecule has 6 heteroatoms. The molecule has 1 aliphatic rings. The molecule has 2 rings (SSSR count). The topological polar surface area (TPSA) is 80.5 Å². The van der Waals surface area contributed by atoms with Crippen molar-refractivity contribution in [2.24, 2.45) is 0 Å². The van der Waals surface area contributed by atoms with E-state index in [9.17, 15) is 13.2 Å². The Morgan fingerprint density at radius 2 is 1.94 bits per heavy atom. The number of nitrogen functional groups attached to an aromatic ring is 1. The average molecular weight is 268 g/mol. The van der Waals surface area contributed by atoms with Crippen molar-refractivity contribution in [3.05, 3.63) is 29.8 Å². The Labute approximate surface area is 107 Å². The molecule has 0 radical (unpaired) electrons. The zero-order valence-corrected chi connectivity index (χ0v) is 11.0. The number of amides is 1. The van der Waals surface area contributed by atoms with Gasteiger partial charge in [-0.3, -0.25) is 4.79 Å². The fourth-order valence-corrected chi connectivity index (χ4v) is 3.05. The van der Waals surface area contributed by atoms with Gasteiger partial charge < -0.3 is 10.6 Å². The van der Waals surface area contributed by atoms with Gasteiger partial charge in [0.25, 0.3) is 5.91 Å². The summed E-state index contributed by atoms with van der Waals surface area (Å²) in [6.45, 7) is 0.767. The van der Waals surface area contributed by atoms with E-state index in [1.54, 1.807) is 29.2 Å². The van der Waals surface area contributed by atoms with Crippen LogP contribution >= 0.6 is 0 Å². The van der Waals surface area contributed by atoms with Crippen LogP contribution in [-0.4, -0.2) is 43.8 Å². The van der Waals surface area contributed by atoms with Crippen LogP contribution < -0.4 is 5.73 Å². The molecule has 0 aromatic heterocycles. The van der Waals surface area contributed by atoms with Crippen LogP contribution in [0.15, 0.2) is 24.3 Å². The molecule has 1 unspecified atom stereocenters. The van der Waals surface area contributed by atoms with Gasteiger partial charge in [0.2, 0.25) is 0 Å². The zero-order valence-electron chi connectivity index (χ0n) is 10.2. The second-order valence-corrected chi connectivity index (χ2v) is 6.94. The van der Waals surface area contributed by atoms with Crippen LogP contribution in [0.5, 0.6) is 0 Å². The van der Waals surface area contributed by atoms with Gasteiger partial charge in [-0.1, -0.05) is 0 Å². The lowest BCUT2D eigenvalue weighted by Crippen LogP contribution is -2.31. The number of benzene rings is 1. The van der Waals surface area contributed by atoms with Crippen LogP contribution in [-0.2, 0) is 9.84 Å². The third-order valence-electron chi connectivity index (χ3n) is 3.20. The number of sulfone groups is 1. The van der Waals surface area contributed by atoms with Gasteiger partial charge in [0.15, 0.2) is 9.84 Å². The van der Waals surface area contributed by atoms with Crippen molar-refractivity contribution in [1.29, 1.82) is 0 Å². The summed E-state index contributed by atoms with van der Waals surface area (Å²) in [4.78, 5) is 13.7. The smallest absolute Gasteiger partial charge is 0.253 e. The summed E-state index contributed by atoms with van der Waals surface area (Å²) in [6, 6.07) is 6.64. The molecule has 0 spiro atoms. The summed E-state index contributed by atoms with van der Waals surface area (Å²) in [7, 11) is -3.07. The SMILES string of the molecule is CS(=O)(=O)C1CCN(C(=O)c2ccc(N)cc2)C1. The maximum atomic E-state index is 12.1. The third kappa shape index (κ3) is 2.64. The number of hydrogen-bond donors (Lipinski definition) is 1. The van der Waals surface area contributed by atoms with E-state index in [1.807, 2.05) is 0 Å². The van der Waals surface area contributed by atoms with Gasteiger partial charge >= 0.3 is 0 Å². The first kappa shape index (κ1) is 12.9. The minimum atomic E-state index is -3.07. The highest BCUT2D eigenvalue weighted by molar-refractivity contribution is 7.91. The second-order valence-electron chi connectivity index (χ2n) is 4.61. The number of carbonyl (C=O) groups is 1. The van der Waals surface area contributed by atoms with Gasteiger partial charge in [-0.2, -0.15) is 0 Å². The molecule has 98 valence electrons. The van der Waals surface area contributed by atoms with E-state index >= 15 is 0 Å². The van der Waals surface area contributed by atoms with E-state index in [1.165, 1.54) is 6.26 Å². The lowest BCUT2D eigenvalue weighted by Gasteiger charge is -2.16. The van der Waals surface area contributed by atoms with Crippen molar-refractivity contribution in [1.82, 2.24) is 4.90 Å². The van der Waals surface area contributed by atoms with Gasteiger partial charge in [-0.25, -0.2) is 8.42 Å². The lowest BCUT2D eigenvalue weighted by molar-refractivity contribution is 0.0793. The minimum absolute atomic E-state index is 0.138. The van der Waals surface area contributed by atoms with E-state index in [2.05, 4.69) is 0 Å². The number of anilines is 1. The first-order valence-electron chi connectivity index (χ1n) is 5.71. The molecule has 0 bridgehead atoms. The summed E-state index contributed by atoms with van der Waals surface area (Å²) < 4.78 is 22.9. The fraction of sp³-hybridized carbons (Fsp3) is 0.417. The highest BCUT2D eigenvalue weighted by atomic mass is 32.2. The normalized spacial score (nSPS) is 20.1. The van der Waals surface area contributed by atoms with Crippen LogP contribution in [0.25, 0.3) is 0 Å². The zero-order chi connectivity index (χ0) is 13.3. The van der Waals surface area contributed by atoms with Crippen LogP contribution in [0, 0.1) is 0 Å². The Kier molecular flexibility index (Phi) is 3.30. The molecular weight excluding hydrogens is 252 g/mol. The molecule has 1 fully saturated rings. The Morgan fingerprint density at radius 3 is 2.44 bits per heavy atom. The molecule has 5 nitrogen and oxygen atoms in total. The summed E-state index contributed by atoms with van der Waals surface area (Å²) in [5, 5.41) is -0.435. The summed E-state index contributed by atoms with van der Waals surface area (Å²) in [5.41, 5.74) is 6.69. The van der Waals surface area contributed by atoms with Crippen molar-refractivity contribution in [2.45, 2.75) is 11.7 Å². The first-order valence-corrected chi connectivity index (χ1v) is 7.67. The van der Waals surface area contributed by atoms with Gasteiger partial charge in [-0.05, 0) is 30.7 Å². The molecule has 1 heterocycles. The molecule has 18 heavy (non-hydrogen) atoms. The van der Waals surface area contributed by atoms with Crippen molar-refractivity contribution >= 4 is 21.4 Å². The molecule has 1 aromatic carbocycles. The number of nitrogens with zero attached hydrogens (tertiary/aromatic N) is 1. The Morgan fingerprint density at radius 1 is 1.33 bits per heavy atom. The maximum absolute atomic E-state index is 12.1. The molecule has 1 amide bonds. The first-order chi connectivity index (χ1) is 8.38. The molecule has 1 aliphatic heterocycles. The summed E-state index contributed by atoms with van der Waals surface area (Å²) >= 11 is 0. The van der Waals surface area contributed by atoms with Crippen LogP contribution in [0.1, 0.15) is 16.8 Å². The number of nitrogens with two attached hydrogens (primary N) is 1. The molecule has 2 N–H and O–H groups in total. The van der Waals surface area contributed by atoms with Crippen molar-refractivity contribution < 1.29 is 13.2 Å². The quantitative estimate of drug-likeness (QED) is 0.793. The van der Waals surface area contributed by atoms with Crippen LogP contribution in [0.2, 0.25) is 0 Å². The van der Waals surface area contributed by atoms with Gasteiger partial charge in [0.1, 0.15) is 0 Å². The van der Waals surface area contributed by atoms with Gasteiger partial charge in [-0.15, -0.1) is 0 Å². The van der Waals surface area contributed by atoms with Crippen LogP contribution in [0.4, 0.5) is 5.69 Å². The van der Waals surface area contributed by atoms with Crippen molar-refractivity contribution in [3.63, 3.8) is 0 Å². The molecule has 1 aromatic rings. The number of carbonyl (C=O) groups excluding carboxylic acids is 1. The largest absolute Gasteiger partial charge is 0.399 e. The van der Waals surface area contributed by atoms with E-state index in [4.69, 9.17) is 5.73 Å². The highest BCUT2D eigenvalue weighted by Gasteiger charge is 2.32. The number of rotatable bonds is 2. The monoisotopic (exact) mass is 268 g/mol. The second kappa shape index (κ2) is 4.61. The van der Waals surface area contributed by atoms with Crippen LogP contribution in [0.3, 0.4) is 0 Å². The van der Waals surface area contributed by atoms with Crippen molar-refractivity contribution in [3.8, 4) is 0 Å². The Hall–Kier alpha value is -1.56. The predicted molar refractivity (Wildman–Crippen MR) is 70.0 cm³/mol. The fourth-order valence-electron chi connectivity index (χ4n) is 2.07. The third-order valence-corrected chi connectivity index (χ3v) is 4.79. The number of hydrogen-bond acceptors (Lipinski definition) is 4. The van der Waals surface area contributed by atoms with Gasteiger partial charge in [0, 0.05) is 30.6 Å². The van der Waals surface area contributed by atoms with E-state index in [0.29, 0.717) is 24.2 Å². The van der Waals surface area contributed by atoms with E-state index < -0.39 is 15.1 Å². The molecule has 0 saturated carbocycles. The van der Waals surface area contributed by atoms with Crippen molar-refractivity contribution in [2.75, 3.05) is 25.1 Å². The summed E-state index contributed by atoms with van der Waals surface area (Å²) in [6.07, 6.45) is 1.73. The number of likely N-dealkylation sites (tertiary alicyclic amines) is 1. The average Bonchev–Trinajstić information content (AvgIpc) is 2.78. The molecule has 0 aliphatic carbocycles. The highest BCUT2D eigenvalue weighted by Crippen LogP contribution is 2.19. The predicted octanol–water partition coefficient (Wildman–Crippen LogP) is 0.528.